The van der Waals surface area contributed by atoms with E-state index >= 15 is 0 Å². The van der Waals surface area contributed by atoms with Crippen molar-refractivity contribution in [2.75, 3.05) is 5.32 Å². The summed E-state index contributed by atoms with van der Waals surface area (Å²) in [5, 5.41) is 25.3. The molecule has 0 fully saturated rings. The second-order valence-electron chi connectivity index (χ2n) is 12.8. The Labute approximate surface area is 290 Å². The smallest absolute Gasteiger partial charge is 0.0991 e. The summed E-state index contributed by atoms with van der Waals surface area (Å²) >= 11 is 0. The first kappa shape index (κ1) is 29.3. The third-order valence-electron chi connectivity index (χ3n) is 10.3. The number of hydrogen-bond acceptors (Lipinski definition) is 3. The first-order chi connectivity index (χ1) is 24.7. The normalized spacial score (nSPS) is 17.8. The van der Waals surface area contributed by atoms with Gasteiger partial charge in [0.25, 0.3) is 0 Å². The highest BCUT2D eigenvalue weighted by Crippen LogP contribution is 2.69. The van der Waals surface area contributed by atoms with E-state index in [-0.39, 0.29) is 6.04 Å². The summed E-state index contributed by atoms with van der Waals surface area (Å²) < 4.78 is 0. The number of hydrogen-bond donors (Lipinski definition) is 2. The molecule has 1 aromatic heterocycles. The van der Waals surface area contributed by atoms with Crippen LogP contribution in [0.3, 0.4) is 0 Å². The number of fused-ring (bicyclic) bond motifs is 4. The Morgan fingerprint density at radius 3 is 1.70 bits per heavy atom. The highest BCUT2D eigenvalue weighted by Gasteiger charge is 2.57. The summed E-state index contributed by atoms with van der Waals surface area (Å²) in [4.78, 5) is 3.54. The van der Waals surface area contributed by atoms with E-state index < -0.39 is 5.41 Å². The lowest BCUT2D eigenvalue weighted by molar-refractivity contribution is 0.590. The molecule has 0 unspecified atom stereocenters. The summed E-state index contributed by atoms with van der Waals surface area (Å²) in [6.07, 6.45) is 2.10. The molecule has 1 aliphatic carbocycles. The molecule has 9 rings (SSSR count). The summed E-state index contributed by atoms with van der Waals surface area (Å²) in [5.41, 5.74) is 13.5. The van der Waals surface area contributed by atoms with E-state index in [1.54, 1.807) is 0 Å². The Hall–Kier alpha value is -6.88. The van der Waals surface area contributed by atoms with Gasteiger partial charge in [-0.2, -0.15) is 10.5 Å². The monoisotopic (exact) mass is 638 g/mol. The van der Waals surface area contributed by atoms with Gasteiger partial charge in [-0.3, -0.25) is 0 Å². The fourth-order valence-electron chi connectivity index (χ4n) is 8.30. The zero-order valence-electron chi connectivity index (χ0n) is 27.1. The second kappa shape index (κ2) is 11.7. The molecule has 6 aromatic carbocycles. The molecule has 4 nitrogen and oxygen atoms in total. The van der Waals surface area contributed by atoms with Gasteiger partial charge in [0.05, 0.1) is 34.7 Å². The number of allylic oxidation sites excluding steroid dienone is 2. The number of rotatable bonds is 5. The van der Waals surface area contributed by atoms with Gasteiger partial charge in [-0.1, -0.05) is 121 Å². The van der Waals surface area contributed by atoms with E-state index in [9.17, 15) is 10.5 Å². The lowest BCUT2D eigenvalue weighted by Crippen LogP contribution is -2.42. The van der Waals surface area contributed by atoms with Crippen LogP contribution in [0, 0.1) is 22.7 Å². The van der Waals surface area contributed by atoms with E-state index in [1.165, 1.54) is 5.57 Å². The molecule has 0 spiro atoms. The number of nitrogens with zero attached hydrogens (tertiary/aromatic N) is 2. The topological polar surface area (TPSA) is 75.4 Å². The highest BCUT2D eigenvalue weighted by molar-refractivity contribution is 6.33. The van der Waals surface area contributed by atoms with Crippen LogP contribution < -0.4 is 5.32 Å². The molecule has 0 saturated heterocycles. The third kappa shape index (κ3) is 4.30. The fourth-order valence-corrected chi connectivity index (χ4v) is 8.30. The van der Waals surface area contributed by atoms with Crippen molar-refractivity contribution in [1.29, 1.82) is 10.5 Å². The molecule has 0 bridgehead atoms. The van der Waals surface area contributed by atoms with Crippen molar-refractivity contribution >= 4 is 38.9 Å². The van der Waals surface area contributed by atoms with Crippen LogP contribution in [-0.4, -0.2) is 4.98 Å². The van der Waals surface area contributed by atoms with Crippen LogP contribution in [0.15, 0.2) is 164 Å². The van der Waals surface area contributed by atoms with E-state index in [2.05, 4.69) is 150 Å². The first-order valence-electron chi connectivity index (χ1n) is 16.8. The predicted molar refractivity (Wildman–Crippen MR) is 202 cm³/mol. The van der Waals surface area contributed by atoms with Crippen molar-refractivity contribution in [3.63, 3.8) is 0 Å². The molecular weight excluding hydrogens is 609 g/mol. The molecule has 0 radical (unpaired) electrons. The molecule has 234 valence electrons. The minimum absolute atomic E-state index is 0.321. The van der Waals surface area contributed by atoms with Gasteiger partial charge < -0.3 is 10.3 Å². The lowest BCUT2D eigenvalue weighted by Gasteiger charge is -2.48. The van der Waals surface area contributed by atoms with Crippen LogP contribution >= 0.6 is 0 Å². The maximum atomic E-state index is 10.2. The Morgan fingerprint density at radius 1 is 0.540 bits per heavy atom. The van der Waals surface area contributed by atoms with E-state index in [1.807, 2.05) is 36.4 Å². The number of aromatic nitrogens is 1. The van der Waals surface area contributed by atoms with Crippen LogP contribution in [0.1, 0.15) is 50.5 Å². The van der Waals surface area contributed by atoms with Crippen molar-refractivity contribution < 1.29 is 0 Å². The summed E-state index contributed by atoms with van der Waals surface area (Å²) in [7, 11) is 0. The highest BCUT2D eigenvalue weighted by atomic mass is 15.0. The van der Waals surface area contributed by atoms with Crippen LogP contribution in [0.5, 0.6) is 0 Å². The van der Waals surface area contributed by atoms with Gasteiger partial charge in [0.15, 0.2) is 0 Å². The number of aromatic amines is 1. The quantitative estimate of drug-likeness (QED) is 0.197. The molecule has 1 aliphatic heterocycles. The van der Waals surface area contributed by atoms with E-state index in [4.69, 9.17) is 0 Å². The Kier molecular flexibility index (Phi) is 6.83. The Balaban J connectivity index is 1.55. The molecular formula is C46H30N4. The number of H-pyrrole nitrogens is 1. The van der Waals surface area contributed by atoms with Gasteiger partial charge in [0.2, 0.25) is 0 Å². The third-order valence-corrected chi connectivity index (χ3v) is 10.3. The average molecular weight is 639 g/mol. The minimum atomic E-state index is -0.794. The van der Waals surface area contributed by atoms with Crippen molar-refractivity contribution in [1.82, 2.24) is 4.98 Å². The average Bonchev–Trinajstić information content (AvgIpc) is 3.77. The van der Waals surface area contributed by atoms with Gasteiger partial charge >= 0.3 is 0 Å². The summed E-state index contributed by atoms with van der Waals surface area (Å²) in [6.45, 7) is 0. The second-order valence-corrected chi connectivity index (χ2v) is 12.8. The Bertz CT molecular complexity index is 2570. The molecule has 50 heavy (non-hydrogen) atoms. The van der Waals surface area contributed by atoms with Gasteiger partial charge in [0.1, 0.15) is 0 Å². The number of anilines is 1. The van der Waals surface area contributed by atoms with E-state index in [0.717, 1.165) is 66.7 Å². The molecule has 4 heteroatoms. The molecule has 2 aliphatic rings. The standard InChI is InChI=1S/C46H30N4/c47-27-30-21-23-39-36(25-30)38(29-49-39)45-46(35-19-11-4-12-20-35)43(34-17-9-3-10-18-34)41(32-13-5-1-6-14-32)42(33-15-7-2-8-16-33)44(46)37-26-31(28-48)22-24-40(37)50-45/h1-26,29,45,49-50H/t45-,46-/m1/s1. The lowest BCUT2D eigenvalue weighted by atomic mass is 9.59. The molecule has 0 amide bonds. The van der Waals surface area contributed by atoms with Crippen LogP contribution in [0.25, 0.3) is 33.2 Å². The molecule has 2 heterocycles. The zero-order chi connectivity index (χ0) is 33.7. The maximum Gasteiger partial charge on any atom is 0.0991 e. The van der Waals surface area contributed by atoms with Gasteiger partial charge in [-0.15, -0.1) is 0 Å². The first-order valence-corrected chi connectivity index (χ1v) is 16.8. The minimum Gasteiger partial charge on any atom is -0.376 e. The summed E-state index contributed by atoms with van der Waals surface area (Å²) in [6, 6.07) is 59.2. The van der Waals surface area contributed by atoms with Crippen molar-refractivity contribution in [3.05, 3.63) is 208 Å². The SMILES string of the molecule is N#Cc1ccc2c(c1)C1=C(c3ccccc3)C(c3ccccc3)=C(c3ccccc3)[C@@]1(c1ccccc1)[C@@H](c1c[nH]c3ccc(C#N)cc13)N2. The van der Waals surface area contributed by atoms with Gasteiger partial charge in [-0.25, -0.2) is 0 Å². The largest absolute Gasteiger partial charge is 0.376 e. The predicted octanol–water partition coefficient (Wildman–Crippen LogP) is 10.6. The maximum absolute atomic E-state index is 10.2. The Morgan fingerprint density at radius 2 is 1.08 bits per heavy atom. The molecule has 2 atom stereocenters. The van der Waals surface area contributed by atoms with E-state index in [0.29, 0.717) is 11.1 Å². The van der Waals surface area contributed by atoms with Gasteiger partial charge in [0, 0.05) is 33.9 Å². The summed E-state index contributed by atoms with van der Waals surface area (Å²) in [5.74, 6) is 0. The van der Waals surface area contributed by atoms with Gasteiger partial charge in [-0.05, 0) is 80.9 Å². The number of nitriles is 2. The van der Waals surface area contributed by atoms with Crippen molar-refractivity contribution in [3.8, 4) is 12.1 Å². The van der Waals surface area contributed by atoms with Crippen LogP contribution in [0.2, 0.25) is 0 Å². The number of nitrogens with one attached hydrogen (secondary N) is 2. The zero-order valence-corrected chi connectivity index (χ0v) is 27.1. The molecule has 7 aromatic rings. The fraction of sp³-hybridized carbons (Fsp3) is 0.0435. The van der Waals surface area contributed by atoms with Crippen LogP contribution in [-0.2, 0) is 5.41 Å². The van der Waals surface area contributed by atoms with Crippen molar-refractivity contribution in [2.24, 2.45) is 0 Å². The molecule has 0 saturated carbocycles. The molecule has 2 N–H and O–H groups in total. The van der Waals surface area contributed by atoms with Crippen LogP contribution in [0.4, 0.5) is 5.69 Å². The number of benzene rings is 6. The van der Waals surface area contributed by atoms with Crippen molar-refractivity contribution in [2.45, 2.75) is 11.5 Å².